The molecule has 0 radical (unpaired) electrons. The van der Waals surface area contributed by atoms with Gasteiger partial charge in [-0.05, 0) is 31.7 Å². The van der Waals surface area contributed by atoms with Crippen LogP contribution in [0.2, 0.25) is 0 Å². The van der Waals surface area contributed by atoms with Gasteiger partial charge in [0.15, 0.2) is 0 Å². The van der Waals surface area contributed by atoms with Gasteiger partial charge in [-0.3, -0.25) is 4.79 Å². The summed E-state index contributed by atoms with van der Waals surface area (Å²) in [6, 6.07) is 0. The summed E-state index contributed by atoms with van der Waals surface area (Å²) in [6.45, 7) is 3.57. The molecule has 5 nitrogen and oxygen atoms in total. The van der Waals surface area contributed by atoms with E-state index < -0.39 is 0 Å². The molecule has 130 valence electrons. The fourth-order valence-corrected chi connectivity index (χ4v) is 4.38. The number of amides is 1. The Bertz CT molecular complexity index is 591. The van der Waals surface area contributed by atoms with Crippen LogP contribution >= 0.6 is 0 Å². The first-order valence-electron chi connectivity index (χ1n) is 9.63. The van der Waals surface area contributed by atoms with Crippen LogP contribution in [0.15, 0.2) is 6.20 Å². The fraction of sp³-hybridized carbons (Fsp3) is 0.737. The third-order valence-electron chi connectivity index (χ3n) is 5.92. The van der Waals surface area contributed by atoms with Gasteiger partial charge in [0.05, 0.1) is 5.69 Å². The van der Waals surface area contributed by atoms with Gasteiger partial charge in [0.1, 0.15) is 5.82 Å². The molecule has 0 aromatic carbocycles. The molecular formula is C19H28N4O. The monoisotopic (exact) mass is 328 g/mol. The molecule has 5 heteroatoms. The molecule has 1 aromatic heterocycles. The Morgan fingerprint density at radius 2 is 2.12 bits per heavy atom. The molecule has 1 saturated heterocycles. The van der Waals surface area contributed by atoms with E-state index in [1.807, 2.05) is 11.1 Å². The average Bonchev–Trinajstić information content (AvgIpc) is 3.16. The van der Waals surface area contributed by atoms with E-state index in [4.69, 9.17) is 4.98 Å². The minimum Gasteiger partial charge on any atom is -0.338 e. The molecule has 1 atom stereocenters. The first-order chi connectivity index (χ1) is 11.8. The first kappa shape index (κ1) is 16.0. The van der Waals surface area contributed by atoms with E-state index in [1.165, 1.54) is 32.1 Å². The zero-order chi connectivity index (χ0) is 16.4. The van der Waals surface area contributed by atoms with Gasteiger partial charge in [-0.15, -0.1) is 0 Å². The third kappa shape index (κ3) is 3.46. The summed E-state index contributed by atoms with van der Waals surface area (Å²) in [6.07, 6.45) is 11.1. The number of aromatic nitrogens is 2. The van der Waals surface area contributed by atoms with Gasteiger partial charge >= 0.3 is 0 Å². The van der Waals surface area contributed by atoms with E-state index in [9.17, 15) is 4.79 Å². The molecule has 0 unspecified atom stereocenters. The van der Waals surface area contributed by atoms with Crippen LogP contribution in [0.4, 0.5) is 0 Å². The summed E-state index contributed by atoms with van der Waals surface area (Å²) in [5.41, 5.74) is 2.31. The number of fused-ring (bicyclic) bond motifs is 1. The van der Waals surface area contributed by atoms with Gasteiger partial charge in [-0.25, -0.2) is 9.97 Å². The minimum atomic E-state index is 0.330. The number of hydrogen-bond acceptors (Lipinski definition) is 4. The normalized spacial score (nSPS) is 24.8. The summed E-state index contributed by atoms with van der Waals surface area (Å²) in [4.78, 5) is 24.1. The maximum atomic E-state index is 12.6. The Kier molecular flexibility index (Phi) is 4.79. The number of carbonyl (C=O) groups excluding carboxylic acids is 1. The SMILES string of the molecule is O=C(CC1CCCCC1)N1CCc2nc([C@H]3CCNC3)ncc2C1. The van der Waals surface area contributed by atoms with Gasteiger partial charge in [-0.1, -0.05) is 19.3 Å². The maximum Gasteiger partial charge on any atom is 0.223 e. The Hall–Kier alpha value is -1.49. The van der Waals surface area contributed by atoms with Crippen LogP contribution < -0.4 is 5.32 Å². The van der Waals surface area contributed by atoms with Crippen molar-refractivity contribution >= 4 is 5.91 Å². The lowest BCUT2D eigenvalue weighted by atomic mass is 9.86. The summed E-state index contributed by atoms with van der Waals surface area (Å²) < 4.78 is 0. The second-order valence-corrected chi connectivity index (χ2v) is 7.66. The van der Waals surface area contributed by atoms with Gasteiger partial charge < -0.3 is 10.2 Å². The molecule has 1 N–H and O–H groups in total. The Labute approximate surface area is 144 Å². The molecule has 0 bridgehead atoms. The molecule has 1 aliphatic carbocycles. The topological polar surface area (TPSA) is 58.1 Å². The summed E-state index contributed by atoms with van der Waals surface area (Å²) in [5.74, 6) is 2.39. The quantitative estimate of drug-likeness (QED) is 0.926. The van der Waals surface area contributed by atoms with Crippen molar-refractivity contribution in [3.63, 3.8) is 0 Å². The molecular weight excluding hydrogens is 300 g/mol. The standard InChI is InChI=1S/C19H28N4O/c24-18(10-14-4-2-1-3-5-14)23-9-7-17-16(13-23)12-21-19(22-17)15-6-8-20-11-15/h12,14-15,20H,1-11,13H2/t15-/m0/s1. The molecule has 3 heterocycles. The van der Waals surface area contributed by atoms with Crippen LogP contribution in [0.5, 0.6) is 0 Å². The van der Waals surface area contributed by atoms with Crippen molar-refractivity contribution in [2.45, 2.75) is 63.8 Å². The van der Waals surface area contributed by atoms with Crippen molar-refractivity contribution in [2.75, 3.05) is 19.6 Å². The van der Waals surface area contributed by atoms with E-state index in [0.29, 0.717) is 24.3 Å². The highest BCUT2D eigenvalue weighted by Gasteiger charge is 2.26. The van der Waals surface area contributed by atoms with Crippen molar-refractivity contribution < 1.29 is 4.79 Å². The molecule has 2 aliphatic heterocycles. The smallest absolute Gasteiger partial charge is 0.223 e. The zero-order valence-electron chi connectivity index (χ0n) is 14.5. The fourth-order valence-electron chi connectivity index (χ4n) is 4.38. The van der Waals surface area contributed by atoms with Crippen LogP contribution in [-0.2, 0) is 17.8 Å². The molecule has 1 aromatic rings. The number of hydrogen-bond donors (Lipinski definition) is 1. The maximum absolute atomic E-state index is 12.6. The molecule has 3 aliphatic rings. The highest BCUT2D eigenvalue weighted by molar-refractivity contribution is 5.76. The number of rotatable bonds is 3. The van der Waals surface area contributed by atoms with E-state index in [2.05, 4.69) is 10.3 Å². The first-order valence-corrected chi connectivity index (χ1v) is 9.63. The van der Waals surface area contributed by atoms with Gasteiger partial charge in [0, 0.05) is 50.2 Å². The second-order valence-electron chi connectivity index (χ2n) is 7.66. The third-order valence-corrected chi connectivity index (χ3v) is 5.92. The van der Waals surface area contributed by atoms with Crippen LogP contribution in [0.1, 0.15) is 67.9 Å². The van der Waals surface area contributed by atoms with E-state index in [1.54, 1.807) is 0 Å². The molecule has 24 heavy (non-hydrogen) atoms. The number of carbonyl (C=O) groups is 1. The number of nitrogens with one attached hydrogen (secondary N) is 1. The summed E-state index contributed by atoms with van der Waals surface area (Å²) in [7, 11) is 0. The van der Waals surface area contributed by atoms with Crippen LogP contribution in [0.3, 0.4) is 0 Å². The second kappa shape index (κ2) is 7.18. The minimum absolute atomic E-state index is 0.330. The lowest BCUT2D eigenvalue weighted by Crippen LogP contribution is -2.37. The van der Waals surface area contributed by atoms with Crippen LogP contribution in [-0.4, -0.2) is 40.4 Å². The predicted octanol–water partition coefficient (Wildman–Crippen LogP) is 2.41. The van der Waals surface area contributed by atoms with Crippen molar-refractivity contribution in [3.8, 4) is 0 Å². The average molecular weight is 328 g/mol. The van der Waals surface area contributed by atoms with Crippen molar-refractivity contribution in [2.24, 2.45) is 5.92 Å². The molecule has 2 fully saturated rings. The zero-order valence-corrected chi connectivity index (χ0v) is 14.5. The number of nitrogens with zero attached hydrogens (tertiary/aromatic N) is 3. The van der Waals surface area contributed by atoms with Gasteiger partial charge in [0.25, 0.3) is 0 Å². The van der Waals surface area contributed by atoms with Crippen molar-refractivity contribution in [3.05, 3.63) is 23.3 Å². The lowest BCUT2D eigenvalue weighted by Gasteiger charge is -2.30. The van der Waals surface area contributed by atoms with Crippen LogP contribution in [0.25, 0.3) is 0 Å². The molecule has 1 amide bonds. The molecule has 4 rings (SSSR count). The predicted molar refractivity (Wildman–Crippen MR) is 92.6 cm³/mol. The van der Waals surface area contributed by atoms with Gasteiger partial charge in [0.2, 0.25) is 5.91 Å². The van der Waals surface area contributed by atoms with Crippen molar-refractivity contribution in [1.29, 1.82) is 0 Å². The molecule has 0 spiro atoms. The van der Waals surface area contributed by atoms with E-state index >= 15 is 0 Å². The van der Waals surface area contributed by atoms with Crippen LogP contribution in [0, 0.1) is 5.92 Å². The summed E-state index contributed by atoms with van der Waals surface area (Å²) in [5, 5.41) is 3.38. The largest absolute Gasteiger partial charge is 0.338 e. The highest BCUT2D eigenvalue weighted by atomic mass is 16.2. The molecule has 1 saturated carbocycles. The Balaban J connectivity index is 1.39. The van der Waals surface area contributed by atoms with E-state index in [-0.39, 0.29) is 0 Å². The van der Waals surface area contributed by atoms with Gasteiger partial charge in [-0.2, -0.15) is 0 Å². The summed E-state index contributed by atoms with van der Waals surface area (Å²) >= 11 is 0. The van der Waals surface area contributed by atoms with E-state index in [0.717, 1.165) is 56.0 Å². The Morgan fingerprint density at radius 3 is 2.92 bits per heavy atom. The Morgan fingerprint density at radius 1 is 1.25 bits per heavy atom. The highest BCUT2D eigenvalue weighted by Crippen LogP contribution is 2.28. The lowest BCUT2D eigenvalue weighted by molar-refractivity contribution is -0.133. The van der Waals surface area contributed by atoms with Crippen molar-refractivity contribution in [1.82, 2.24) is 20.2 Å².